The van der Waals surface area contributed by atoms with E-state index in [0.29, 0.717) is 37.3 Å². The molecule has 0 aliphatic carbocycles. The fourth-order valence-corrected chi connectivity index (χ4v) is 5.25. The zero-order chi connectivity index (χ0) is 20.1. The second-order valence-corrected chi connectivity index (χ2v) is 8.36. The highest BCUT2D eigenvalue weighted by Gasteiger charge is 2.43. The van der Waals surface area contributed by atoms with Gasteiger partial charge in [0.25, 0.3) is 11.1 Å². The molecule has 8 heteroatoms. The zero-order valence-corrected chi connectivity index (χ0v) is 16.5. The lowest BCUT2D eigenvalue weighted by molar-refractivity contribution is -0.137. The molecule has 3 aliphatic rings. The van der Waals surface area contributed by atoms with Crippen LogP contribution in [-0.4, -0.2) is 51.5 Å². The minimum Gasteiger partial charge on any atom is -0.340 e. The van der Waals surface area contributed by atoms with Crippen LogP contribution in [0.2, 0.25) is 0 Å². The van der Waals surface area contributed by atoms with Crippen LogP contribution in [0.4, 0.5) is 0 Å². The maximum absolute atomic E-state index is 13.7. The van der Waals surface area contributed by atoms with Gasteiger partial charge in [0.1, 0.15) is 11.9 Å². The van der Waals surface area contributed by atoms with Crippen LogP contribution in [-0.2, 0) is 17.6 Å². The summed E-state index contributed by atoms with van der Waals surface area (Å²) in [6, 6.07) is 4.81. The molecule has 3 aliphatic heterocycles. The Hall–Kier alpha value is -2.74. The third-order valence-electron chi connectivity index (χ3n) is 6.58. The van der Waals surface area contributed by atoms with Gasteiger partial charge in [0, 0.05) is 61.8 Å². The number of piperidine rings is 1. The Morgan fingerprint density at radius 1 is 1.17 bits per heavy atom. The van der Waals surface area contributed by atoms with E-state index < -0.39 is 6.04 Å². The first-order chi connectivity index (χ1) is 14.0. The highest BCUT2D eigenvalue weighted by molar-refractivity contribution is 5.81. The van der Waals surface area contributed by atoms with Crippen molar-refractivity contribution in [3.63, 3.8) is 0 Å². The van der Waals surface area contributed by atoms with Gasteiger partial charge in [0.05, 0.1) is 5.69 Å². The van der Waals surface area contributed by atoms with Crippen LogP contribution in [0, 0.1) is 12.8 Å². The van der Waals surface area contributed by atoms with Crippen molar-refractivity contribution >= 4 is 5.91 Å². The van der Waals surface area contributed by atoms with Crippen LogP contribution in [0.15, 0.2) is 27.8 Å². The van der Waals surface area contributed by atoms with Crippen molar-refractivity contribution in [1.82, 2.24) is 24.8 Å². The van der Waals surface area contributed by atoms with Gasteiger partial charge in [0.2, 0.25) is 5.91 Å². The van der Waals surface area contributed by atoms with Gasteiger partial charge >= 0.3 is 0 Å². The number of carbonyl (C=O) groups is 1. The van der Waals surface area contributed by atoms with Gasteiger partial charge in [-0.15, -0.1) is 0 Å². The molecule has 0 spiro atoms. The minimum atomic E-state index is -0.489. The van der Waals surface area contributed by atoms with Crippen LogP contribution in [0.5, 0.6) is 0 Å². The number of pyridine rings is 1. The van der Waals surface area contributed by atoms with E-state index in [1.807, 2.05) is 11.0 Å². The van der Waals surface area contributed by atoms with E-state index >= 15 is 0 Å². The van der Waals surface area contributed by atoms with Gasteiger partial charge in [-0.1, -0.05) is 6.07 Å². The van der Waals surface area contributed by atoms with Crippen molar-refractivity contribution in [2.75, 3.05) is 26.2 Å². The van der Waals surface area contributed by atoms with E-state index in [0.717, 1.165) is 30.9 Å². The number of aryl methyl sites for hydroxylation is 1. The molecule has 5 rings (SSSR count). The summed E-state index contributed by atoms with van der Waals surface area (Å²) in [5.41, 5.74) is 2.18. The third kappa shape index (κ3) is 3.02. The Labute approximate surface area is 168 Å². The van der Waals surface area contributed by atoms with Gasteiger partial charge in [0.15, 0.2) is 0 Å². The first-order valence-corrected chi connectivity index (χ1v) is 10.3. The number of amides is 1. The van der Waals surface area contributed by atoms with Crippen molar-refractivity contribution in [2.45, 2.75) is 38.1 Å². The maximum Gasteiger partial charge on any atom is 0.254 e. The predicted molar refractivity (Wildman–Crippen MR) is 107 cm³/mol. The zero-order valence-electron chi connectivity index (χ0n) is 16.5. The Morgan fingerprint density at radius 3 is 2.86 bits per heavy atom. The van der Waals surface area contributed by atoms with E-state index in [9.17, 15) is 14.4 Å². The molecule has 2 aromatic heterocycles. The monoisotopic (exact) mass is 395 g/mol. The summed E-state index contributed by atoms with van der Waals surface area (Å²) in [4.78, 5) is 47.8. The smallest absolute Gasteiger partial charge is 0.254 e. The van der Waals surface area contributed by atoms with Gasteiger partial charge in [-0.2, -0.15) is 0 Å². The number of carbonyl (C=O) groups excluding carboxylic acids is 1. The van der Waals surface area contributed by atoms with Crippen molar-refractivity contribution in [2.24, 2.45) is 5.92 Å². The molecule has 0 aromatic carbocycles. The molecule has 3 atom stereocenters. The largest absolute Gasteiger partial charge is 0.340 e. The van der Waals surface area contributed by atoms with Crippen molar-refractivity contribution in [1.29, 1.82) is 0 Å². The highest BCUT2D eigenvalue weighted by Crippen LogP contribution is 2.39. The molecule has 0 saturated carbocycles. The molecule has 1 amide bonds. The van der Waals surface area contributed by atoms with Gasteiger partial charge in [-0.3, -0.25) is 19.0 Å². The lowest BCUT2D eigenvalue weighted by Crippen LogP contribution is -2.53. The molecular formula is C21H25N5O3. The Morgan fingerprint density at radius 2 is 2.00 bits per heavy atom. The summed E-state index contributed by atoms with van der Waals surface area (Å²) in [5, 5.41) is 3.43. The summed E-state index contributed by atoms with van der Waals surface area (Å²) >= 11 is 0. The second-order valence-electron chi connectivity index (χ2n) is 8.36. The molecule has 1 saturated heterocycles. The number of fused-ring (bicyclic) bond motifs is 5. The quantitative estimate of drug-likeness (QED) is 0.714. The molecule has 8 nitrogen and oxygen atoms in total. The molecule has 152 valence electrons. The number of nitrogens with zero attached hydrogens (tertiary/aromatic N) is 3. The average molecular weight is 395 g/mol. The van der Waals surface area contributed by atoms with E-state index in [-0.39, 0.29) is 28.9 Å². The number of hydrogen-bond acceptors (Lipinski definition) is 5. The van der Waals surface area contributed by atoms with Crippen molar-refractivity contribution < 1.29 is 4.79 Å². The Kier molecular flexibility index (Phi) is 4.38. The lowest BCUT2D eigenvalue weighted by atomic mass is 9.79. The standard InChI is InChI=1S/C21H25N5O3/c1-12-23-16-6-8-25(7-5-15(16)20(28)24-12)21(29)19-14-9-13(10-22-11-14)17-3-2-4-18(27)26(17)19/h2-4,13-14,19,22H,5-11H2,1H3,(H,23,24,28)/t13-,14+,19-/m1/s1. The summed E-state index contributed by atoms with van der Waals surface area (Å²) in [6.45, 7) is 4.33. The number of H-pyrrole nitrogens is 1. The average Bonchev–Trinajstić information content (AvgIpc) is 2.92. The van der Waals surface area contributed by atoms with Crippen LogP contribution < -0.4 is 16.4 Å². The summed E-state index contributed by atoms with van der Waals surface area (Å²) in [7, 11) is 0. The van der Waals surface area contributed by atoms with Gasteiger partial charge in [-0.05, 0) is 25.8 Å². The molecule has 0 unspecified atom stereocenters. The second kappa shape index (κ2) is 6.95. The molecule has 2 N–H and O–H groups in total. The number of nitrogens with one attached hydrogen (secondary N) is 2. The van der Waals surface area contributed by atoms with Crippen LogP contribution in [0.1, 0.15) is 41.2 Å². The predicted octanol–water partition coefficient (Wildman–Crippen LogP) is 0.115. The fourth-order valence-electron chi connectivity index (χ4n) is 5.25. The molecule has 0 radical (unpaired) electrons. The van der Waals surface area contributed by atoms with Gasteiger partial charge in [-0.25, -0.2) is 4.98 Å². The molecule has 2 aromatic rings. The molecular weight excluding hydrogens is 370 g/mol. The number of aromatic amines is 1. The van der Waals surface area contributed by atoms with Gasteiger partial charge < -0.3 is 15.2 Å². The normalized spacial score (nSPS) is 25.7. The summed E-state index contributed by atoms with van der Waals surface area (Å²) in [5.74, 6) is 0.947. The van der Waals surface area contributed by atoms with Crippen molar-refractivity contribution in [3.8, 4) is 0 Å². The Balaban J connectivity index is 1.48. The minimum absolute atomic E-state index is 0.0207. The molecule has 29 heavy (non-hydrogen) atoms. The van der Waals surface area contributed by atoms with E-state index in [1.54, 1.807) is 23.6 Å². The number of aromatic nitrogens is 3. The SMILES string of the molecule is Cc1nc2c(c(=O)[nH]1)CCN(C(=O)[C@H]1[C@@H]3CNC[C@@H](C3)c3cccc(=O)n31)CC2. The van der Waals surface area contributed by atoms with Crippen LogP contribution in [0.25, 0.3) is 0 Å². The fraction of sp³-hybridized carbons (Fsp3) is 0.524. The number of hydrogen-bond donors (Lipinski definition) is 2. The van der Waals surface area contributed by atoms with E-state index in [2.05, 4.69) is 15.3 Å². The first-order valence-electron chi connectivity index (χ1n) is 10.3. The van der Waals surface area contributed by atoms with E-state index in [4.69, 9.17) is 0 Å². The topological polar surface area (TPSA) is 100 Å². The summed E-state index contributed by atoms with van der Waals surface area (Å²) in [6.07, 6.45) is 1.96. The maximum atomic E-state index is 13.7. The lowest BCUT2D eigenvalue weighted by Gasteiger charge is -2.43. The molecule has 2 bridgehead atoms. The first kappa shape index (κ1) is 18.3. The Bertz CT molecular complexity index is 1090. The van der Waals surface area contributed by atoms with Crippen LogP contribution >= 0.6 is 0 Å². The van der Waals surface area contributed by atoms with Crippen LogP contribution in [0.3, 0.4) is 0 Å². The number of rotatable bonds is 1. The summed E-state index contributed by atoms with van der Waals surface area (Å²) < 4.78 is 1.73. The van der Waals surface area contributed by atoms with E-state index in [1.165, 1.54) is 0 Å². The van der Waals surface area contributed by atoms with Crippen molar-refractivity contribution in [3.05, 3.63) is 61.7 Å². The molecule has 5 heterocycles. The third-order valence-corrected chi connectivity index (χ3v) is 6.58. The highest BCUT2D eigenvalue weighted by atomic mass is 16.2. The molecule has 1 fully saturated rings.